The van der Waals surface area contributed by atoms with Crippen molar-refractivity contribution in [3.63, 3.8) is 0 Å². The predicted octanol–water partition coefficient (Wildman–Crippen LogP) is 4.54. The van der Waals surface area contributed by atoms with E-state index in [-0.39, 0.29) is 18.5 Å². The average molecular weight is 348 g/mol. The van der Waals surface area contributed by atoms with Gasteiger partial charge in [0, 0.05) is 12.8 Å². The third-order valence-electron chi connectivity index (χ3n) is 3.53. The first kappa shape index (κ1) is 20.7. The van der Waals surface area contributed by atoms with Gasteiger partial charge in [0.2, 0.25) is 0 Å². The van der Waals surface area contributed by atoms with Crippen LogP contribution in [0.2, 0.25) is 0 Å². The second kappa shape index (κ2) is 12.1. The molecule has 1 aromatic carbocycles. The number of benzene rings is 1. The van der Waals surface area contributed by atoms with Gasteiger partial charge in [0.05, 0.1) is 7.11 Å². The van der Waals surface area contributed by atoms with Gasteiger partial charge in [-0.1, -0.05) is 38.8 Å². The minimum Gasteiger partial charge on any atom is -0.493 e. The Bertz CT molecular complexity index is 577. The van der Waals surface area contributed by atoms with E-state index in [1.807, 2.05) is 26.0 Å². The topological polar surface area (TPSA) is 61.8 Å². The van der Waals surface area contributed by atoms with E-state index in [0.717, 1.165) is 31.2 Å². The Morgan fingerprint density at radius 2 is 1.68 bits per heavy atom. The van der Waals surface area contributed by atoms with E-state index < -0.39 is 0 Å². The summed E-state index contributed by atoms with van der Waals surface area (Å²) in [7, 11) is 1.53. The van der Waals surface area contributed by atoms with Crippen molar-refractivity contribution >= 4 is 18.0 Å². The normalized spacial score (nSPS) is 10.7. The summed E-state index contributed by atoms with van der Waals surface area (Å²) in [6.07, 6.45) is 8.01. The summed E-state index contributed by atoms with van der Waals surface area (Å²) in [6, 6.07) is 5.30. The molecule has 0 spiro atoms. The van der Waals surface area contributed by atoms with E-state index in [4.69, 9.17) is 14.2 Å². The van der Waals surface area contributed by atoms with Crippen LogP contribution in [-0.4, -0.2) is 25.7 Å². The molecule has 0 aliphatic carbocycles. The van der Waals surface area contributed by atoms with Gasteiger partial charge < -0.3 is 14.2 Å². The van der Waals surface area contributed by atoms with Crippen LogP contribution in [0, 0.1) is 0 Å². The summed E-state index contributed by atoms with van der Waals surface area (Å²) >= 11 is 0. The molecule has 138 valence electrons. The van der Waals surface area contributed by atoms with Gasteiger partial charge in [-0.05, 0) is 36.6 Å². The van der Waals surface area contributed by atoms with Crippen molar-refractivity contribution in [2.24, 2.45) is 0 Å². The molecular weight excluding hydrogens is 320 g/mol. The maximum atomic E-state index is 11.7. The van der Waals surface area contributed by atoms with Crippen LogP contribution in [0.3, 0.4) is 0 Å². The van der Waals surface area contributed by atoms with Crippen LogP contribution in [0.4, 0.5) is 0 Å². The number of hydrogen-bond donors (Lipinski definition) is 0. The number of unbranched alkanes of at least 4 members (excludes halogenated alkanes) is 2. The minimum atomic E-state index is -0.262. The average Bonchev–Trinajstić information content (AvgIpc) is 2.62. The third kappa shape index (κ3) is 8.38. The fourth-order valence-corrected chi connectivity index (χ4v) is 2.09. The Morgan fingerprint density at radius 3 is 2.32 bits per heavy atom. The largest absolute Gasteiger partial charge is 0.493 e. The van der Waals surface area contributed by atoms with Crippen molar-refractivity contribution in [1.82, 2.24) is 0 Å². The zero-order chi connectivity index (χ0) is 18.5. The molecule has 0 amide bonds. The predicted molar refractivity (Wildman–Crippen MR) is 97.7 cm³/mol. The molecule has 5 nitrogen and oxygen atoms in total. The highest BCUT2D eigenvalue weighted by Crippen LogP contribution is 2.29. The van der Waals surface area contributed by atoms with Crippen LogP contribution in [0.15, 0.2) is 24.3 Å². The first-order valence-electron chi connectivity index (χ1n) is 8.81. The number of hydrogen-bond acceptors (Lipinski definition) is 5. The highest BCUT2D eigenvalue weighted by molar-refractivity contribution is 5.73. The van der Waals surface area contributed by atoms with E-state index in [1.165, 1.54) is 7.11 Å². The van der Waals surface area contributed by atoms with Crippen LogP contribution in [-0.2, 0) is 14.3 Å². The fourth-order valence-electron chi connectivity index (χ4n) is 2.09. The quantitative estimate of drug-likeness (QED) is 0.434. The summed E-state index contributed by atoms with van der Waals surface area (Å²) in [5.41, 5.74) is 0.870. The minimum absolute atomic E-state index is 0.182. The monoisotopic (exact) mass is 348 g/mol. The van der Waals surface area contributed by atoms with Gasteiger partial charge in [0.1, 0.15) is 6.61 Å². The van der Waals surface area contributed by atoms with Gasteiger partial charge in [-0.15, -0.1) is 0 Å². The molecule has 0 unspecified atom stereocenters. The SMILES string of the molecule is CCCCC(=O)OC/C=C/c1ccc(OC(=O)CCCC)c(OC)c1. The van der Waals surface area contributed by atoms with Gasteiger partial charge >= 0.3 is 11.9 Å². The highest BCUT2D eigenvalue weighted by atomic mass is 16.6. The van der Waals surface area contributed by atoms with E-state index in [2.05, 4.69) is 0 Å². The van der Waals surface area contributed by atoms with Crippen LogP contribution < -0.4 is 9.47 Å². The molecule has 0 N–H and O–H groups in total. The first-order valence-corrected chi connectivity index (χ1v) is 8.81. The lowest BCUT2D eigenvalue weighted by Crippen LogP contribution is -2.08. The molecule has 0 aliphatic rings. The summed E-state index contributed by atoms with van der Waals surface area (Å²) < 4.78 is 15.7. The van der Waals surface area contributed by atoms with E-state index in [9.17, 15) is 9.59 Å². The van der Waals surface area contributed by atoms with Gasteiger partial charge in [0.25, 0.3) is 0 Å². The Kier molecular flexibility index (Phi) is 10.1. The molecule has 0 aliphatic heterocycles. The van der Waals surface area contributed by atoms with Gasteiger partial charge in [-0.25, -0.2) is 0 Å². The van der Waals surface area contributed by atoms with Crippen molar-refractivity contribution in [1.29, 1.82) is 0 Å². The van der Waals surface area contributed by atoms with Crippen molar-refractivity contribution in [3.05, 3.63) is 29.8 Å². The maximum Gasteiger partial charge on any atom is 0.311 e. The number of carbonyl (C=O) groups excluding carboxylic acids is 2. The number of methoxy groups -OCH3 is 1. The number of esters is 2. The molecule has 0 fully saturated rings. The molecule has 25 heavy (non-hydrogen) atoms. The van der Waals surface area contributed by atoms with Crippen molar-refractivity contribution in [2.75, 3.05) is 13.7 Å². The Hall–Kier alpha value is -2.30. The van der Waals surface area contributed by atoms with E-state index in [0.29, 0.717) is 24.3 Å². The molecule has 0 saturated carbocycles. The lowest BCUT2D eigenvalue weighted by Gasteiger charge is -2.10. The van der Waals surface area contributed by atoms with Crippen molar-refractivity contribution in [3.8, 4) is 11.5 Å². The zero-order valence-electron chi connectivity index (χ0n) is 15.4. The van der Waals surface area contributed by atoms with Crippen LogP contribution in [0.5, 0.6) is 11.5 Å². The summed E-state index contributed by atoms with van der Waals surface area (Å²) in [4.78, 5) is 23.1. The Balaban J connectivity index is 2.57. The molecule has 0 aromatic heterocycles. The van der Waals surface area contributed by atoms with Gasteiger partial charge in [-0.3, -0.25) is 9.59 Å². The molecular formula is C20H28O5. The Morgan fingerprint density at radius 1 is 1.00 bits per heavy atom. The highest BCUT2D eigenvalue weighted by Gasteiger charge is 2.10. The van der Waals surface area contributed by atoms with E-state index in [1.54, 1.807) is 18.2 Å². The molecule has 0 heterocycles. The molecule has 0 radical (unpaired) electrons. The molecule has 0 saturated heterocycles. The lowest BCUT2D eigenvalue weighted by atomic mass is 10.2. The number of carbonyl (C=O) groups is 2. The molecule has 0 atom stereocenters. The van der Waals surface area contributed by atoms with Gasteiger partial charge in [0.15, 0.2) is 11.5 Å². The molecule has 5 heteroatoms. The van der Waals surface area contributed by atoms with Gasteiger partial charge in [-0.2, -0.15) is 0 Å². The first-order chi connectivity index (χ1) is 12.1. The Labute approximate surface area is 150 Å². The van der Waals surface area contributed by atoms with Crippen LogP contribution >= 0.6 is 0 Å². The summed E-state index contributed by atoms with van der Waals surface area (Å²) in [6.45, 7) is 4.29. The van der Waals surface area contributed by atoms with Crippen LogP contribution in [0.25, 0.3) is 6.08 Å². The second-order valence-corrected chi connectivity index (χ2v) is 5.68. The van der Waals surface area contributed by atoms with Crippen molar-refractivity contribution in [2.45, 2.75) is 52.4 Å². The summed E-state index contributed by atoms with van der Waals surface area (Å²) in [5, 5.41) is 0. The molecule has 1 aromatic rings. The third-order valence-corrected chi connectivity index (χ3v) is 3.53. The molecule has 1 rings (SSSR count). The standard InChI is InChI=1S/C20H28O5/c1-4-6-10-19(21)24-14-8-9-16-12-13-17(18(15-16)23-3)25-20(22)11-7-5-2/h8-9,12-13,15H,4-7,10-11,14H2,1-3H3/b9-8+. The van der Waals surface area contributed by atoms with Crippen LogP contribution in [0.1, 0.15) is 57.9 Å². The number of rotatable bonds is 11. The van der Waals surface area contributed by atoms with Crippen molar-refractivity contribution < 1.29 is 23.8 Å². The zero-order valence-corrected chi connectivity index (χ0v) is 15.4. The molecule has 0 bridgehead atoms. The second-order valence-electron chi connectivity index (χ2n) is 5.68. The maximum absolute atomic E-state index is 11.7. The summed E-state index contributed by atoms with van der Waals surface area (Å²) in [5.74, 6) is 0.458. The smallest absolute Gasteiger partial charge is 0.311 e. The lowest BCUT2D eigenvalue weighted by molar-refractivity contribution is -0.142. The van der Waals surface area contributed by atoms with E-state index >= 15 is 0 Å². The fraction of sp³-hybridized carbons (Fsp3) is 0.500. The number of ether oxygens (including phenoxy) is 3.